The summed E-state index contributed by atoms with van der Waals surface area (Å²) in [4.78, 5) is 16.3. The van der Waals surface area contributed by atoms with Gasteiger partial charge in [0.1, 0.15) is 5.69 Å². The van der Waals surface area contributed by atoms with E-state index in [9.17, 15) is 13.2 Å². The van der Waals surface area contributed by atoms with Crippen molar-refractivity contribution in [2.75, 3.05) is 5.32 Å². The van der Waals surface area contributed by atoms with Crippen LogP contribution in [0.2, 0.25) is 0 Å². The number of nitrogens with one attached hydrogen (secondary N) is 2. The van der Waals surface area contributed by atoms with Crippen molar-refractivity contribution in [3.8, 4) is 11.3 Å². The average molecular weight is 407 g/mol. The van der Waals surface area contributed by atoms with E-state index in [-0.39, 0.29) is 17.2 Å². The van der Waals surface area contributed by atoms with E-state index in [4.69, 9.17) is 5.14 Å². The fraction of sp³-hybridized carbons (Fsp3) is 0.0500. The number of fused-ring (bicyclic) bond motifs is 1. The minimum Gasteiger partial charge on any atom is -0.326 e. The maximum atomic E-state index is 12.3. The molecule has 0 aliphatic rings. The molecule has 9 heteroatoms. The second-order valence-electron chi connectivity index (χ2n) is 6.49. The second-order valence-corrected chi connectivity index (χ2v) is 8.05. The number of H-pyrrole nitrogens is 1. The summed E-state index contributed by atoms with van der Waals surface area (Å²) in [5, 5.41) is 16.0. The Bertz CT molecular complexity index is 1300. The van der Waals surface area contributed by atoms with Crippen LogP contribution in [0.3, 0.4) is 0 Å². The fourth-order valence-corrected chi connectivity index (χ4v) is 3.58. The minimum absolute atomic E-state index is 0.00655. The monoisotopic (exact) mass is 407 g/mol. The maximum absolute atomic E-state index is 12.3. The van der Waals surface area contributed by atoms with Crippen LogP contribution in [-0.4, -0.2) is 29.5 Å². The number of rotatable bonds is 5. The van der Waals surface area contributed by atoms with Crippen LogP contribution >= 0.6 is 0 Å². The third-order valence-electron chi connectivity index (χ3n) is 4.37. The summed E-state index contributed by atoms with van der Waals surface area (Å²) >= 11 is 0. The normalized spacial score (nSPS) is 11.5. The number of benzene rings is 2. The van der Waals surface area contributed by atoms with Gasteiger partial charge in [-0.1, -0.05) is 18.2 Å². The van der Waals surface area contributed by atoms with E-state index in [1.807, 2.05) is 6.07 Å². The molecule has 0 aliphatic heterocycles. The fourth-order valence-electron chi connectivity index (χ4n) is 3.03. The molecule has 4 rings (SSSR count). The molecule has 0 fully saturated rings. The molecule has 0 bridgehead atoms. The van der Waals surface area contributed by atoms with Gasteiger partial charge in [0.25, 0.3) is 0 Å². The number of hydrogen-bond donors (Lipinski definition) is 3. The van der Waals surface area contributed by atoms with Crippen molar-refractivity contribution in [1.82, 2.24) is 15.2 Å². The molecule has 4 N–H and O–H groups in total. The van der Waals surface area contributed by atoms with E-state index in [2.05, 4.69) is 20.5 Å². The number of anilines is 1. The van der Waals surface area contributed by atoms with Crippen LogP contribution in [-0.2, 0) is 21.2 Å². The number of nitrogens with two attached hydrogens (primary N) is 1. The molecule has 2 aromatic carbocycles. The Morgan fingerprint density at radius 3 is 2.72 bits per heavy atom. The van der Waals surface area contributed by atoms with Crippen molar-refractivity contribution >= 4 is 32.5 Å². The number of primary sulfonamides is 1. The van der Waals surface area contributed by atoms with E-state index < -0.39 is 10.0 Å². The highest BCUT2D eigenvalue weighted by atomic mass is 32.2. The molecule has 146 valence electrons. The number of nitrogens with zero attached hydrogens (tertiary/aromatic N) is 2. The second kappa shape index (κ2) is 7.46. The standard InChI is InChI=1S/C20H17N5O3S/c21-29(27,28)16-5-1-4-14(10-16)20-17-11-15(6-7-18(17)24-25-20)23-19(26)9-13-3-2-8-22-12-13/h1-8,10-12H,9H2,(H,23,26)(H,24,25)(H2,21,27,28). The van der Waals surface area contributed by atoms with Gasteiger partial charge < -0.3 is 5.32 Å². The average Bonchev–Trinajstić information content (AvgIpc) is 3.11. The topological polar surface area (TPSA) is 131 Å². The molecule has 29 heavy (non-hydrogen) atoms. The highest BCUT2D eigenvalue weighted by Gasteiger charge is 2.14. The first kappa shape index (κ1) is 18.8. The van der Waals surface area contributed by atoms with Crippen molar-refractivity contribution in [3.63, 3.8) is 0 Å². The van der Waals surface area contributed by atoms with Crippen molar-refractivity contribution in [2.45, 2.75) is 11.3 Å². The summed E-state index contributed by atoms with van der Waals surface area (Å²) in [6.07, 6.45) is 3.51. The molecule has 0 atom stereocenters. The van der Waals surface area contributed by atoms with Crippen molar-refractivity contribution < 1.29 is 13.2 Å². The van der Waals surface area contributed by atoms with E-state index in [0.29, 0.717) is 16.9 Å². The molecular weight excluding hydrogens is 390 g/mol. The van der Waals surface area contributed by atoms with E-state index in [0.717, 1.165) is 16.5 Å². The van der Waals surface area contributed by atoms with Gasteiger partial charge >= 0.3 is 0 Å². The molecule has 2 heterocycles. The van der Waals surface area contributed by atoms with Gasteiger partial charge in [-0.2, -0.15) is 5.10 Å². The first-order valence-electron chi connectivity index (χ1n) is 8.70. The van der Waals surface area contributed by atoms with Crippen LogP contribution < -0.4 is 10.5 Å². The third kappa shape index (κ3) is 4.15. The quantitative estimate of drug-likeness (QED) is 0.468. The van der Waals surface area contributed by atoms with Crippen LogP contribution in [0.1, 0.15) is 5.56 Å². The Kier molecular flexibility index (Phi) is 4.83. The van der Waals surface area contributed by atoms with Gasteiger partial charge in [0.05, 0.1) is 16.8 Å². The Hall–Kier alpha value is -3.56. The summed E-state index contributed by atoms with van der Waals surface area (Å²) in [6, 6.07) is 15.2. The predicted octanol–water partition coefficient (Wildman–Crippen LogP) is 2.45. The molecule has 0 spiro atoms. The Morgan fingerprint density at radius 1 is 1.10 bits per heavy atom. The molecule has 0 saturated carbocycles. The van der Waals surface area contributed by atoms with Crippen LogP contribution in [0.25, 0.3) is 22.2 Å². The summed E-state index contributed by atoms with van der Waals surface area (Å²) in [6.45, 7) is 0. The van der Waals surface area contributed by atoms with Crippen LogP contribution in [0, 0.1) is 0 Å². The van der Waals surface area contributed by atoms with Crippen molar-refractivity contribution in [2.24, 2.45) is 5.14 Å². The third-order valence-corrected chi connectivity index (χ3v) is 5.28. The summed E-state index contributed by atoms with van der Waals surface area (Å²) in [5.74, 6) is -0.168. The zero-order valence-electron chi connectivity index (χ0n) is 15.2. The van der Waals surface area contributed by atoms with Gasteiger partial charge in [0.15, 0.2) is 0 Å². The zero-order chi connectivity index (χ0) is 20.4. The van der Waals surface area contributed by atoms with E-state index in [1.165, 1.54) is 12.1 Å². The number of amides is 1. The molecule has 0 radical (unpaired) electrons. The number of carbonyl (C=O) groups is 1. The minimum atomic E-state index is -3.82. The van der Waals surface area contributed by atoms with Gasteiger partial charge in [-0.05, 0) is 42.0 Å². The molecule has 4 aromatic rings. The summed E-state index contributed by atoms with van der Waals surface area (Å²) < 4.78 is 23.3. The number of sulfonamides is 1. The zero-order valence-corrected chi connectivity index (χ0v) is 16.0. The number of aromatic amines is 1. The Labute approximate surface area is 166 Å². The Balaban J connectivity index is 1.64. The van der Waals surface area contributed by atoms with Gasteiger partial charge in [0.2, 0.25) is 15.9 Å². The molecule has 0 saturated heterocycles. The largest absolute Gasteiger partial charge is 0.326 e. The smallest absolute Gasteiger partial charge is 0.238 e. The predicted molar refractivity (Wildman–Crippen MR) is 109 cm³/mol. The van der Waals surface area contributed by atoms with Gasteiger partial charge in [-0.3, -0.25) is 14.9 Å². The summed E-state index contributed by atoms with van der Waals surface area (Å²) in [7, 11) is -3.82. The molecule has 0 aliphatic carbocycles. The molecule has 0 unspecified atom stereocenters. The molecular formula is C20H17N5O3S. The number of aromatic nitrogens is 3. The van der Waals surface area contributed by atoms with Crippen molar-refractivity contribution in [1.29, 1.82) is 0 Å². The first-order valence-corrected chi connectivity index (χ1v) is 10.2. The molecule has 8 nitrogen and oxygen atoms in total. The summed E-state index contributed by atoms with van der Waals surface area (Å²) in [5.41, 5.74) is 3.34. The van der Waals surface area contributed by atoms with Crippen LogP contribution in [0.15, 0.2) is 71.9 Å². The lowest BCUT2D eigenvalue weighted by Gasteiger charge is -2.06. The van der Waals surface area contributed by atoms with Crippen LogP contribution in [0.5, 0.6) is 0 Å². The highest BCUT2D eigenvalue weighted by Crippen LogP contribution is 2.29. The van der Waals surface area contributed by atoms with Gasteiger partial charge in [-0.15, -0.1) is 0 Å². The lowest BCUT2D eigenvalue weighted by Crippen LogP contribution is -2.14. The number of hydrogen-bond acceptors (Lipinski definition) is 5. The molecule has 1 amide bonds. The Morgan fingerprint density at radius 2 is 1.97 bits per heavy atom. The SMILES string of the molecule is NS(=O)(=O)c1cccc(-c2n[nH]c3ccc(NC(=O)Cc4cccnc4)cc23)c1. The van der Waals surface area contributed by atoms with E-state index >= 15 is 0 Å². The van der Waals surface area contributed by atoms with Gasteiger partial charge in [-0.25, -0.2) is 13.6 Å². The lowest BCUT2D eigenvalue weighted by atomic mass is 10.1. The first-order chi connectivity index (χ1) is 13.9. The molecule has 2 aromatic heterocycles. The number of pyridine rings is 1. The maximum Gasteiger partial charge on any atom is 0.238 e. The van der Waals surface area contributed by atoms with Crippen molar-refractivity contribution in [3.05, 3.63) is 72.6 Å². The van der Waals surface area contributed by atoms with Crippen LogP contribution in [0.4, 0.5) is 5.69 Å². The van der Waals surface area contributed by atoms with Gasteiger partial charge in [0, 0.05) is 29.0 Å². The van der Waals surface area contributed by atoms with E-state index in [1.54, 1.807) is 48.8 Å². The number of carbonyl (C=O) groups excluding carboxylic acids is 1. The lowest BCUT2D eigenvalue weighted by molar-refractivity contribution is -0.115. The highest BCUT2D eigenvalue weighted by molar-refractivity contribution is 7.89.